The minimum atomic E-state index is -0.0630. The van der Waals surface area contributed by atoms with E-state index in [2.05, 4.69) is 236 Å². The zero-order chi connectivity index (χ0) is 48.3. The van der Waals surface area contributed by atoms with Gasteiger partial charge in [-0.1, -0.05) is 156 Å². The zero-order valence-corrected chi connectivity index (χ0v) is 42.6. The Hall–Kier alpha value is -7.11. The van der Waals surface area contributed by atoms with Gasteiger partial charge in [0.1, 0.15) is 5.65 Å². The Morgan fingerprint density at radius 2 is 0.886 bits per heavy atom. The molecule has 0 unspecified atom stereocenters. The Labute approximate surface area is 410 Å². The highest BCUT2D eigenvalue weighted by atomic mass is 15.0. The molecule has 4 aromatic heterocycles. The van der Waals surface area contributed by atoms with Gasteiger partial charge in [-0.15, -0.1) is 0 Å². The van der Waals surface area contributed by atoms with E-state index in [4.69, 9.17) is 4.98 Å². The van der Waals surface area contributed by atoms with Crippen LogP contribution in [0.1, 0.15) is 105 Å². The Kier molecular flexibility index (Phi) is 8.01. The molecule has 342 valence electrons. The lowest BCUT2D eigenvalue weighted by Crippen LogP contribution is -2.59. The molecule has 0 saturated heterocycles. The summed E-state index contributed by atoms with van der Waals surface area (Å²) in [6.07, 6.45) is 0. The zero-order valence-electron chi connectivity index (χ0n) is 42.6. The van der Waals surface area contributed by atoms with E-state index < -0.39 is 0 Å². The summed E-state index contributed by atoms with van der Waals surface area (Å²) in [5.41, 5.74) is 23.9. The van der Waals surface area contributed by atoms with Crippen molar-refractivity contribution in [1.29, 1.82) is 0 Å². The summed E-state index contributed by atoms with van der Waals surface area (Å²) >= 11 is 0. The standard InChI is InChI=1S/C65H59BN4/c1-62(2,3)37-24-26-52-44(30-37)46-32-39(64(7,8)9)34-48-59(46)68(52)55-28-36(41-19-17-20-43-57(41)42-18-13-15-22-51(42)70-54-23-16-14-21-50(54)67-61(43)70)29-56-58(55)66(48)49-35-40(65(10,11)12)33-47-45-31-38(63(4,5)6)25-27-53(45)69(56)60(47)49/h13-35H,1-12H3. The van der Waals surface area contributed by atoms with Crippen molar-refractivity contribution in [1.82, 2.24) is 18.5 Å². The van der Waals surface area contributed by atoms with Crippen LogP contribution in [0.2, 0.25) is 0 Å². The molecule has 4 nitrogen and oxygen atoms in total. The van der Waals surface area contributed by atoms with Gasteiger partial charge in [0.25, 0.3) is 6.71 Å². The summed E-state index contributed by atoms with van der Waals surface area (Å²) in [7, 11) is 0. The molecule has 0 N–H and O–H groups in total. The molecule has 0 saturated carbocycles. The summed E-state index contributed by atoms with van der Waals surface area (Å²) in [6, 6.07) is 54.4. The molecule has 2 aliphatic heterocycles. The van der Waals surface area contributed by atoms with Gasteiger partial charge in [0.05, 0.1) is 27.6 Å². The first-order chi connectivity index (χ1) is 33.3. The molecular weight excluding hydrogens is 848 g/mol. The lowest BCUT2D eigenvalue weighted by Gasteiger charge is -2.36. The Morgan fingerprint density at radius 3 is 1.43 bits per heavy atom. The van der Waals surface area contributed by atoms with Crippen LogP contribution in [0.15, 0.2) is 140 Å². The molecule has 0 radical (unpaired) electrons. The normalized spacial score (nSPS) is 14.0. The monoisotopic (exact) mass is 906 g/mol. The van der Waals surface area contributed by atoms with Gasteiger partial charge in [-0.05, 0) is 138 Å². The highest BCUT2D eigenvalue weighted by Gasteiger charge is 2.43. The number of hydrogen-bond donors (Lipinski definition) is 0. The van der Waals surface area contributed by atoms with Crippen LogP contribution in [0, 0.1) is 0 Å². The third kappa shape index (κ3) is 5.52. The van der Waals surface area contributed by atoms with Gasteiger partial charge in [-0.25, -0.2) is 4.98 Å². The van der Waals surface area contributed by atoms with Gasteiger partial charge < -0.3 is 9.13 Å². The predicted octanol–water partition coefficient (Wildman–Crippen LogP) is 15.0. The van der Waals surface area contributed by atoms with Crippen LogP contribution in [-0.4, -0.2) is 25.2 Å². The number of para-hydroxylation sites is 3. The molecule has 0 aliphatic carbocycles. The minimum Gasteiger partial charge on any atom is -0.310 e. The van der Waals surface area contributed by atoms with E-state index in [1.54, 1.807) is 0 Å². The fourth-order valence-corrected chi connectivity index (χ4v) is 12.6. The number of hydrogen-bond acceptors (Lipinski definition) is 1. The average Bonchev–Trinajstić information content (AvgIpc) is 3.99. The van der Waals surface area contributed by atoms with Crippen molar-refractivity contribution in [2.75, 3.05) is 0 Å². The molecule has 0 amide bonds. The second kappa shape index (κ2) is 13.4. The third-order valence-corrected chi connectivity index (χ3v) is 16.4. The highest BCUT2D eigenvalue weighted by Crippen LogP contribution is 2.46. The molecule has 5 heteroatoms. The molecule has 70 heavy (non-hydrogen) atoms. The van der Waals surface area contributed by atoms with Crippen LogP contribution in [-0.2, 0) is 21.7 Å². The average molecular weight is 907 g/mol. The Bertz CT molecular complexity index is 4150. The van der Waals surface area contributed by atoms with E-state index in [1.165, 1.54) is 121 Å². The molecule has 0 fully saturated rings. The maximum Gasteiger partial charge on any atom is 0.252 e. The third-order valence-electron chi connectivity index (χ3n) is 16.4. The number of benzene rings is 8. The fourth-order valence-electron chi connectivity index (χ4n) is 12.6. The van der Waals surface area contributed by atoms with Crippen molar-refractivity contribution < 1.29 is 0 Å². The maximum atomic E-state index is 5.36. The summed E-state index contributed by atoms with van der Waals surface area (Å²) < 4.78 is 7.70. The van der Waals surface area contributed by atoms with E-state index in [0.717, 1.165) is 22.1 Å². The molecule has 6 heterocycles. The Balaban J connectivity index is 1.20. The molecule has 12 aromatic rings. The summed E-state index contributed by atoms with van der Waals surface area (Å²) in [6.45, 7) is 28.4. The van der Waals surface area contributed by atoms with Gasteiger partial charge in [0.2, 0.25) is 0 Å². The van der Waals surface area contributed by atoms with Gasteiger partial charge in [-0.3, -0.25) is 4.40 Å². The van der Waals surface area contributed by atoms with Crippen LogP contribution >= 0.6 is 0 Å². The number of pyridine rings is 1. The summed E-state index contributed by atoms with van der Waals surface area (Å²) in [4.78, 5) is 5.36. The van der Waals surface area contributed by atoms with Crippen molar-refractivity contribution in [3.8, 4) is 22.5 Å². The second-order valence-corrected chi connectivity index (χ2v) is 24.9. The van der Waals surface area contributed by atoms with Gasteiger partial charge >= 0.3 is 0 Å². The van der Waals surface area contributed by atoms with E-state index in [1.807, 2.05) is 0 Å². The van der Waals surface area contributed by atoms with Crippen LogP contribution in [0.3, 0.4) is 0 Å². The summed E-state index contributed by atoms with van der Waals surface area (Å²) in [5, 5.41) is 8.95. The van der Waals surface area contributed by atoms with Crippen molar-refractivity contribution in [3.05, 3.63) is 162 Å². The van der Waals surface area contributed by atoms with Crippen LogP contribution in [0.5, 0.6) is 0 Å². The molecule has 14 rings (SSSR count). The van der Waals surface area contributed by atoms with Crippen molar-refractivity contribution in [2.45, 2.75) is 105 Å². The largest absolute Gasteiger partial charge is 0.310 e. The number of nitrogens with zero attached hydrogens (tertiary/aromatic N) is 4. The van der Waals surface area contributed by atoms with Gasteiger partial charge in [-0.2, -0.15) is 0 Å². The lowest BCUT2D eigenvalue weighted by molar-refractivity contribution is 0.590. The molecule has 0 bridgehead atoms. The highest BCUT2D eigenvalue weighted by molar-refractivity contribution is 7.00. The van der Waals surface area contributed by atoms with E-state index in [0.29, 0.717) is 0 Å². The quantitative estimate of drug-likeness (QED) is 0.119. The lowest BCUT2D eigenvalue weighted by atomic mass is 9.33. The molecule has 2 aliphatic rings. The van der Waals surface area contributed by atoms with Crippen LogP contribution in [0.4, 0.5) is 0 Å². The summed E-state index contributed by atoms with van der Waals surface area (Å²) in [5.74, 6) is 0. The number of aromatic nitrogens is 4. The topological polar surface area (TPSA) is 27.2 Å². The molecule has 0 atom stereocenters. The van der Waals surface area contributed by atoms with Crippen molar-refractivity contribution in [3.63, 3.8) is 0 Å². The smallest absolute Gasteiger partial charge is 0.252 e. The number of imidazole rings is 1. The molecule has 8 aromatic carbocycles. The molecular formula is C65H59BN4. The van der Waals surface area contributed by atoms with Crippen molar-refractivity contribution in [2.24, 2.45) is 0 Å². The maximum absolute atomic E-state index is 5.36. The van der Waals surface area contributed by atoms with E-state index in [9.17, 15) is 0 Å². The first-order valence-electron chi connectivity index (χ1n) is 25.4. The second-order valence-electron chi connectivity index (χ2n) is 24.9. The van der Waals surface area contributed by atoms with Crippen molar-refractivity contribution >= 4 is 105 Å². The fraction of sp³-hybridized carbons (Fsp3) is 0.246. The van der Waals surface area contributed by atoms with Gasteiger partial charge in [0.15, 0.2) is 0 Å². The predicted molar refractivity (Wildman–Crippen MR) is 301 cm³/mol. The van der Waals surface area contributed by atoms with Crippen LogP contribution in [0.25, 0.3) is 104 Å². The van der Waals surface area contributed by atoms with E-state index in [-0.39, 0.29) is 28.4 Å². The first-order valence-corrected chi connectivity index (χ1v) is 25.4. The van der Waals surface area contributed by atoms with E-state index >= 15 is 0 Å². The SMILES string of the molecule is CC(C)(C)c1ccc2c(c1)c1cc(C(C)(C)C)cc3c1n2-c1cc(-c2cccc4c2c2ccccc2n2c5ccccc5nc42)cc2c1B3c1cc(C(C)(C)C)cc3c4cc(C(C)(C)C)ccc4n-2c13. The first kappa shape index (κ1) is 41.8. The Morgan fingerprint density at radius 1 is 0.400 bits per heavy atom. The molecule has 0 spiro atoms. The number of fused-ring (bicyclic) bond motifs is 18. The number of rotatable bonds is 1. The van der Waals surface area contributed by atoms with Crippen LogP contribution < -0.4 is 16.4 Å². The minimum absolute atomic E-state index is 0.00331. The van der Waals surface area contributed by atoms with Gasteiger partial charge in [0, 0.05) is 60.1 Å².